The molecule has 0 aromatic heterocycles. The Bertz CT molecular complexity index is 1900. The number of carbonyl (C=O) groups excluding carboxylic acids is 2. The molecule has 0 saturated carbocycles. The van der Waals surface area contributed by atoms with E-state index in [1.54, 1.807) is 12.1 Å². The van der Waals surface area contributed by atoms with E-state index in [0.717, 1.165) is 38.0 Å². The summed E-state index contributed by atoms with van der Waals surface area (Å²) in [6, 6.07) is 44.2. The Morgan fingerprint density at radius 1 is 0.628 bits per heavy atom. The molecule has 0 radical (unpaired) electrons. The van der Waals surface area contributed by atoms with Gasteiger partial charge in [0, 0.05) is 40.0 Å². The summed E-state index contributed by atoms with van der Waals surface area (Å²) >= 11 is 6.74. The maximum atomic E-state index is 14.5. The fourth-order valence-corrected chi connectivity index (χ4v) is 12.0. The fourth-order valence-electron chi connectivity index (χ4n) is 7.57. The highest BCUT2D eigenvalue weighted by Crippen LogP contribution is 2.54. The lowest BCUT2D eigenvalue weighted by Crippen LogP contribution is -2.71. The van der Waals surface area contributed by atoms with E-state index < -0.39 is 20.2 Å². The number of allylic oxidation sites excluding steroid dienone is 2. The largest absolute Gasteiger partial charge is 0.533 e. The molecule has 0 fully saturated rings. The Morgan fingerprint density at radius 2 is 1.19 bits per heavy atom. The molecule has 0 saturated heterocycles. The van der Waals surface area contributed by atoms with Crippen LogP contribution in [-0.2, 0) is 4.43 Å². The number of rotatable bonds is 3. The van der Waals surface area contributed by atoms with Crippen LogP contribution in [0.3, 0.4) is 0 Å². The number of hydrogen-bond acceptors (Lipinski definition) is 3. The first kappa shape index (κ1) is 26.1. The van der Waals surface area contributed by atoms with Crippen LogP contribution in [0.1, 0.15) is 44.2 Å². The zero-order valence-corrected chi connectivity index (χ0v) is 25.0. The van der Waals surface area contributed by atoms with Crippen LogP contribution < -0.4 is 15.6 Å². The Hall–Kier alpha value is -4.51. The Balaban J connectivity index is 1.44. The summed E-state index contributed by atoms with van der Waals surface area (Å²) in [6.07, 6.45) is 0.526. The number of carbonyl (C=O) groups is 2. The van der Waals surface area contributed by atoms with Gasteiger partial charge in [-0.25, -0.2) is 0 Å². The van der Waals surface area contributed by atoms with Crippen LogP contribution in [0.15, 0.2) is 139 Å². The van der Waals surface area contributed by atoms with Crippen molar-refractivity contribution in [1.82, 2.24) is 0 Å². The van der Waals surface area contributed by atoms with Crippen molar-refractivity contribution < 1.29 is 14.0 Å². The van der Waals surface area contributed by atoms with Gasteiger partial charge in [0.15, 0.2) is 11.6 Å². The first-order chi connectivity index (χ1) is 21.1. The first-order valence-electron chi connectivity index (χ1n) is 14.6. The van der Waals surface area contributed by atoms with Gasteiger partial charge >= 0.3 is 8.32 Å². The molecule has 5 heteroatoms. The zero-order chi connectivity index (χ0) is 29.1. The van der Waals surface area contributed by atoms with Crippen molar-refractivity contribution in [3.05, 3.63) is 166 Å². The van der Waals surface area contributed by atoms with E-state index in [1.807, 2.05) is 60.7 Å². The molecule has 3 nitrogen and oxygen atoms in total. The topological polar surface area (TPSA) is 43.4 Å². The number of fused-ring (bicyclic) bond motifs is 5. The normalized spacial score (nSPS) is 21.7. The molecule has 0 bridgehead atoms. The molecule has 43 heavy (non-hydrogen) atoms. The summed E-state index contributed by atoms with van der Waals surface area (Å²) in [7, 11) is -3.13. The highest BCUT2D eigenvalue weighted by molar-refractivity contribution is 7.08. The van der Waals surface area contributed by atoms with Gasteiger partial charge in [0.05, 0.1) is 11.7 Å². The molecule has 0 amide bonds. The second-order valence-corrected chi connectivity index (χ2v) is 15.2. The standard InChI is InChI=1S/C38H27ClO3Si/c39-25-20-21-30-33(22-25)43(26-14-6-2-7-15-26,27-16-8-3-9-17-27)42-32-23-31(24-12-4-1-5-13-24)35-36(34(30)32)38(41)29-19-11-10-18-28(29)37(35)40/h1-22,31,35-36H,23H2/t31-,35+,36-/m1/s1. The van der Waals surface area contributed by atoms with Crippen molar-refractivity contribution in [2.75, 3.05) is 0 Å². The summed E-state index contributed by atoms with van der Waals surface area (Å²) in [4.78, 5) is 28.9. The lowest BCUT2D eigenvalue weighted by molar-refractivity contribution is 0.0732. The molecule has 1 aliphatic heterocycles. The molecular formula is C38H27ClO3Si. The highest BCUT2D eigenvalue weighted by Gasteiger charge is 2.57. The zero-order valence-electron chi connectivity index (χ0n) is 23.2. The Morgan fingerprint density at radius 3 is 1.81 bits per heavy atom. The molecule has 5 aromatic carbocycles. The molecule has 2 aliphatic carbocycles. The Kier molecular flexibility index (Phi) is 6.11. The van der Waals surface area contributed by atoms with Crippen LogP contribution in [0.2, 0.25) is 5.02 Å². The van der Waals surface area contributed by atoms with Gasteiger partial charge in [0.25, 0.3) is 0 Å². The van der Waals surface area contributed by atoms with E-state index in [4.69, 9.17) is 16.0 Å². The molecule has 5 aromatic rings. The van der Waals surface area contributed by atoms with Crippen molar-refractivity contribution >= 4 is 52.6 Å². The maximum Gasteiger partial charge on any atom is 0.347 e. The number of hydrogen-bond donors (Lipinski definition) is 0. The van der Waals surface area contributed by atoms with E-state index in [1.165, 1.54) is 0 Å². The summed E-state index contributed by atoms with van der Waals surface area (Å²) in [5, 5.41) is 3.82. The van der Waals surface area contributed by atoms with Gasteiger partial charge in [-0.2, -0.15) is 0 Å². The summed E-state index contributed by atoms with van der Waals surface area (Å²) in [5.74, 6) is -0.581. The molecule has 1 heterocycles. The van der Waals surface area contributed by atoms with Gasteiger partial charge in [0.1, 0.15) is 0 Å². The lowest BCUT2D eigenvalue weighted by Gasteiger charge is -2.48. The minimum absolute atomic E-state index is 0.0218. The van der Waals surface area contributed by atoms with Crippen molar-refractivity contribution in [3.63, 3.8) is 0 Å². The smallest absolute Gasteiger partial charge is 0.347 e. The molecule has 8 rings (SSSR count). The average Bonchev–Trinajstić information content (AvgIpc) is 3.07. The quantitative estimate of drug-likeness (QED) is 0.223. The van der Waals surface area contributed by atoms with Crippen LogP contribution in [0.25, 0.3) is 5.57 Å². The van der Waals surface area contributed by atoms with Gasteiger partial charge in [-0.05, 0) is 38.8 Å². The maximum absolute atomic E-state index is 14.5. The number of benzene rings is 5. The predicted octanol–water partition coefficient (Wildman–Crippen LogP) is 6.55. The second kappa shape index (κ2) is 10.0. The van der Waals surface area contributed by atoms with Crippen molar-refractivity contribution in [2.45, 2.75) is 12.3 Å². The van der Waals surface area contributed by atoms with E-state index in [9.17, 15) is 9.59 Å². The minimum atomic E-state index is -3.13. The fraction of sp³-hybridized carbons (Fsp3) is 0.105. The predicted molar refractivity (Wildman–Crippen MR) is 173 cm³/mol. The minimum Gasteiger partial charge on any atom is -0.533 e. The van der Waals surface area contributed by atoms with Crippen LogP contribution in [-0.4, -0.2) is 19.9 Å². The summed E-state index contributed by atoms with van der Waals surface area (Å²) < 4.78 is 7.50. The van der Waals surface area contributed by atoms with E-state index in [2.05, 4.69) is 60.7 Å². The van der Waals surface area contributed by atoms with Crippen molar-refractivity contribution in [2.24, 2.45) is 11.8 Å². The number of ketones is 2. The van der Waals surface area contributed by atoms with Crippen LogP contribution in [0.4, 0.5) is 0 Å². The molecule has 0 spiro atoms. The second-order valence-electron chi connectivity index (χ2n) is 11.5. The van der Waals surface area contributed by atoms with Gasteiger partial charge in [0.2, 0.25) is 0 Å². The van der Waals surface area contributed by atoms with Crippen LogP contribution in [0, 0.1) is 11.8 Å². The van der Waals surface area contributed by atoms with Crippen LogP contribution in [0.5, 0.6) is 0 Å². The third-order valence-corrected chi connectivity index (χ3v) is 13.6. The van der Waals surface area contributed by atoms with Crippen molar-refractivity contribution in [3.8, 4) is 0 Å². The lowest BCUT2D eigenvalue weighted by atomic mass is 9.59. The molecule has 0 unspecified atom stereocenters. The van der Waals surface area contributed by atoms with Crippen LogP contribution >= 0.6 is 11.6 Å². The SMILES string of the molecule is O=C1c2ccccc2C(=O)[C@@H]2[C@H]1C1=C(C[C@@H]2c2ccccc2)O[Si](c2ccccc2)(c2ccccc2)c2cc(Cl)ccc21. The summed E-state index contributed by atoms with van der Waals surface area (Å²) in [5.41, 5.74) is 3.86. The molecule has 0 N–H and O–H groups in total. The first-order valence-corrected chi connectivity index (χ1v) is 16.9. The molecule has 208 valence electrons. The number of halogens is 1. The monoisotopic (exact) mass is 594 g/mol. The Labute approximate surface area is 256 Å². The molecule has 3 aliphatic rings. The number of Topliss-reactive ketones (excluding diaryl/α,β-unsaturated/α-hetero) is 2. The van der Waals surface area contributed by atoms with Crippen molar-refractivity contribution in [1.29, 1.82) is 0 Å². The van der Waals surface area contributed by atoms with Gasteiger partial charge in [-0.1, -0.05) is 133 Å². The average molecular weight is 595 g/mol. The molecule has 3 atom stereocenters. The van der Waals surface area contributed by atoms with E-state index in [0.29, 0.717) is 22.6 Å². The van der Waals surface area contributed by atoms with E-state index >= 15 is 0 Å². The highest BCUT2D eigenvalue weighted by atomic mass is 35.5. The van der Waals surface area contributed by atoms with Gasteiger partial charge < -0.3 is 4.43 Å². The van der Waals surface area contributed by atoms with Gasteiger partial charge in [-0.3, -0.25) is 9.59 Å². The van der Waals surface area contributed by atoms with Gasteiger partial charge in [-0.15, -0.1) is 0 Å². The third kappa shape index (κ3) is 3.87. The van der Waals surface area contributed by atoms with E-state index in [-0.39, 0.29) is 17.5 Å². The third-order valence-electron chi connectivity index (χ3n) is 9.37. The summed E-state index contributed by atoms with van der Waals surface area (Å²) in [6.45, 7) is 0. The molecular weight excluding hydrogens is 568 g/mol.